The minimum absolute atomic E-state index is 0.0400. The van der Waals surface area contributed by atoms with Crippen LogP contribution in [0.2, 0.25) is 0 Å². The zero-order valence-corrected chi connectivity index (χ0v) is 16.8. The molecule has 2 aliphatic rings. The molecule has 0 bridgehead atoms. The maximum atomic E-state index is 13.4. The van der Waals surface area contributed by atoms with Crippen LogP contribution in [-0.2, 0) is 4.79 Å². The van der Waals surface area contributed by atoms with E-state index in [1.54, 1.807) is 6.20 Å². The van der Waals surface area contributed by atoms with Gasteiger partial charge in [-0.05, 0) is 49.4 Å². The van der Waals surface area contributed by atoms with Crippen LogP contribution in [0.5, 0.6) is 0 Å². The minimum Gasteiger partial charge on any atom is -0.323 e. The average Bonchev–Trinajstić information content (AvgIpc) is 3.19. The van der Waals surface area contributed by atoms with E-state index in [0.29, 0.717) is 17.2 Å². The molecular weight excluding hydrogens is 374 g/mol. The fraction of sp³-hybridized carbons (Fsp3) is 0.320. The van der Waals surface area contributed by atoms with Crippen molar-refractivity contribution in [1.82, 2.24) is 9.88 Å². The van der Waals surface area contributed by atoms with Crippen molar-refractivity contribution >= 4 is 28.4 Å². The van der Waals surface area contributed by atoms with E-state index in [9.17, 15) is 9.59 Å². The molecule has 2 heterocycles. The Labute approximate surface area is 176 Å². The number of aromatic nitrogens is 1. The summed E-state index contributed by atoms with van der Waals surface area (Å²) in [4.78, 5) is 33.0. The Hall–Kier alpha value is -3.21. The summed E-state index contributed by atoms with van der Waals surface area (Å²) in [7, 11) is 0. The van der Waals surface area contributed by atoms with Crippen LogP contribution in [0, 0.1) is 5.92 Å². The number of nitrogens with zero attached hydrogens (tertiary/aromatic N) is 2. The van der Waals surface area contributed by atoms with Crippen LogP contribution in [-0.4, -0.2) is 33.8 Å². The van der Waals surface area contributed by atoms with Crippen molar-refractivity contribution in [2.24, 2.45) is 5.92 Å². The third kappa shape index (κ3) is 3.45. The van der Waals surface area contributed by atoms with Gasteiger partial charge in [0.1, 0.15) is 6.04 Å². The summed E-state index contributed by atoms with van der Waals surface area (Å²) in [6, 6.07) is 18.8. The second-order valence-corrected chi connectivity index (χ2v) is 8.35. The lowest BCUT2D eigenvalue weighted by Gasteiger charge is -2.33. The van der Waals surface area contributed by atoms with E-state index in [4.69, 9.17) is 0 Å². The zero-order chi connectivity index (χ0) is 20.5. The number of hydrogen-bond acceptors (Lipinski definition) is 3. The molecule has 0 radical (unpaired) electrons. The van der Waals surface area contributed by atoms with Crippen LogP contribution < -0.4 is 5.32 Å². The van der Waals surface area contributed by atoms with Crippen molar-refractivity contribution in [1.29, 1.82) is 0 Å². The summed E-state index contributed by atoms with van der Waals surface area (Å²) in [6.45, 7) is 0. The van der Waals surface area contributed by atoms with E-state index >= 15 is 0 Å². The Bertz CT molecular complexity index is 1080. The van der Waals surface area contributed by atoms with Crippen molar-refractivity contribution in [3.05, 3.63) is 72.4 Å². The number of benzene rings is 2. The molecule has 2 fully saturated rings. The Morgan fingerprint density at radius 2 is 1.73 bits per heavy atom. The number of hydrogen-bond donors (Lipinski definition) is 1. The number of nitrogens with one attached hydrogen (secondary N) is 1. The van der Waals surface area contributed by atoms with E-state index in [1.807, 2.05) is 65.6 Å². The number of para-hydroxylation sites is 1. The number of anilines is 1. The second-order valence-electron chi connectivity index (χ2n) is 8.35. The van der Waals surface area contributed by atoms with Crippen molar-refractivity contribution in [3.8, 4) is 0 Å². The van der Waals surface area contributed by atoms with Crippen molar-refractivity contribution in [3.63, 3.8) is 0 Å². The molecule has 5 rings (SSSR count). The first-order valence-electron chi connectivity index (χ1n) is 10.7. The van der Waals surface area contributed by atoms with Gasteiger partial charge in [0.2, 0.25) is 5.91 Å². The largest absolute Gasteiger partial charge is 0.323 e. The lowest BCUT2D eigenvalue weighted by atomic mass is 9.84. The number of rotatable bonds is 3. The van der Waals surface area contributed by atoms with Crippen LogP contribution in [0.15, 0.2) is 66.9 Å². The third-order valence-electron chi connectivity index (χ3n) is 6.50. The summed E-state index contributed by atoms with van der Waals surface area (Å²) in [5.41, 5.74) is 2.21. The fourth-order valence-electron chi connectivity index (χ4n) is 5.08. The van der Waals surface area contributed by atoms with E-state index in [0.717, 1.165) is 36.6 Å². The highest BCUT2D eigenvalue weighted by molar-refractivity contribution is 6.02. The molecule has 5 nitrogen and oxygen atoms in total. The highest BCUT2D eigenvalue weighted by Crippen LogP contribution is 2.40. The predicted octanol–water partition coefficient (Wildman–Crippen LogP) is 4.65. The minimum atomic E-state index is -0.447. The first-order valence-corrected chi connectivity index (χ1v) is 10.7. The van der Waals surface area contributed by atoms with Gasteiger partial charge in [-0.15, -0.1) is 0 Å². The molecule has 0 spiro atoms. The van der Waals surface area contributed by atoms with Gasteiger partial charge >= 0.3 is 0 Å². The summed E-state index contributed by atoms with van der Waals surface area (Å²) in [5.74, 6) is 0.240. The van der Waals surface area contributed by atoms with Gasteiger partial charge < -0.3 is 10.2 Å². The molecule has 3 aromatic rings. The SMILES string of the molecule is O=C(Nc1cnc2ccccc2c1)C1CC2CCCCC2N1C(=O)c1ccccc1. The van der Waals surface area contributed by atoms with Gasteiger partial charge in [-0.2, -0.15) is 0 Å². The molecule has 30 heavy (non-hydrogen) atoms. The Kier molecular flexibility index (Phi) is 4.95. The van der Waals surface area contributed by atoms with Gasteiger partial charge in [-0.3, -0.25) is 14.6 Å². The van der Waals surface area contributed by atoms with Gasteiger partial charge in [0.05, 0.1) is 17.4 Å². The Morgan fingerprint density at radius 3 is 2.60 bits per heavy atom. The normalized spacial score (nSPS) is 23.2. The van der Waals surface area contributed by atoms with Crippen LogP contribution in [0.3, 0.4) is 0 Å². The van der Waals surface area contributed by atoms with Crippen molar-refractivity contribution in [2.75, 3.05) is 5.32 Å². The molecule has 1 aliphatic heterocycles. The number of fused-ring (bicyclic) bond motifs is 2. The maximum Gasteiger partial charge on any atom is 0.254 e. The van der Waals surface area contributed by atoms with Crippen molar-refractivity contribution < 1.29 is 9.59 Å². The van der Waals surface area contributed by atoms with Crippen LogP contribution in [0.25, 0.3) is 10.9 Å². The van der Waals surface area contributed by atoms with E-state index in [1.165, 1.54) is 6.42 Å². The molecule has 3 atom stereocenters. The topological polar surface area (TPSA) is 62.3 Å². The van der Waals surface area contributed by atoms with Gasteiger partial charge in [0, 0.05) is 17.0 Å². The fourth-order valence-corrected chi connectivity index (χ4v) is 5.08. The summed E-state index contributed by atoms with van der Waals surface area (Å²) < 4.78 is 0. The molecule has 1 saturated carbocycles. The number of pyridine rings is 1. The molecule has 152 valence electrons. The van der Waals surface area contributed by atoms with Gasteiger partial charge in [0.25, 0.3) is 5.91 Å². The molecule has 1 aliphatic carbocycles. The average molecular weight is 399 g/mol. The summed E-state index contributed by atoms with van der Waals surface area (Å²) in [6.07, 6.45) is 6.77. The van der Waals surface area contributed by atoms with Crippen LogP contribution in [0.1, 0.15) is 42.5 Å². The zero-order valence-electron chi connectivity index (χ0n) is 16.8. The summed E-state index contributed by atoms with van der Waals surface area (Å²) in [5, 5.41) is 4.01. The molecule has 1 saturated heterocycles. The van der Waals surface area contributed by atoms with Gasteiger partial charge in [-0.25, -0.2) is 0 Å². The molecular formula is C25H25N3O2. The number of amides is 2. The smallest absolute Gasteiger partial charge is 0.254 e. The highest BCUT2D eigenvalue weighted by Gasteiger charge is 2.47. The first kappa shape index (κ1) is 18.8. The number of carbonyl (C=O) groups excluding carboxylic acids is 2. The van der Waals surface area contributed by atoms with Crippen LogP contribution >= 0.6 is 0 Å². The van der Waals surface area contributed by atoms with E-state index < -0.39 is 6.04 Å². The lowest BCUT2D eigenvalue weighted by molar-refractivity contribution is -0.120. The van der Waals surface area contributed by atoms with E-state index in [-0.39, 0.29) is 17.9 Å². The Balaban J connectivity index is 1.42. The molecule has 5 heteroatoms. The lowest BCUT2D eigenvalue weighted by Crippen LogP contribution is -2.47. The summed E-state index contributed by atoms with van der Waals surface area (Å²) >= 11 is 0. The predicted molar refractivity (Wildman–Crippen MR) is 117 cm³/mol. The third-order valence-corrected chi connectivity index (χ3v) is 6.50. The first-order chi connectivity index (χ1) is 14.7. The molecule has 1 aromatic heterocycles. The monoisotopic (exact) mass is 399 g/mol. The standard InChI is InChI=1S/C25H25N3O2/c29-24(27-20-14-18-10-4-6-12-21(18)26-16-20)23-15-19-11-5-7-13-22(19)28(23)25(30)17-8-2-1-3-9-17/h1-4,6,8-10,12,14,16,19,22-23H,5,7,11,13,15H2,(H,27,29). The molecule has 3 unspecified atom stereocenters. The number of likely N-dealkylation sites (tertiary alicyclic amines) is 1. The molecule has 2 amide bonds. The maximum absolute atomic E-state index is 13.4. The quantitative estimate of drug-likeness (QED) is 0.697. The van der Waals surface area contributed by atoms with Gasteiger partial charge in [-0.1, -0.05) is 49.2 Å². The van der Waals surface area contributed by atoms with Gasteiger partial charge in [0.15, 0.2) is 0 Å². The molecule has 1 N–H and O–H groups in total. The van der Waals surface area contributed by atoms with Crippen LogP contribution in [0.4, 0.5) is 5.69 Å². The number of carbonyl (C=O) groups is 2. The van der Waals surface area contributed by atoms with Crippen molar-refractivity contribution in [2.45, 2.75) is 44.2 Å². The Morgan fingerprint density at radius 1 is 0.967 bits per heavy atom. The molecule has 2 aromatic carbocycles. The second kappa shape index (κ2) is 7.90. The highest BCUT2D eigenvalue weighted by atomic mass is 16.2. The van der Waals surface area contributed by atoms with E-state index in [2.05, 4.69) is 10.3 Å².